The Labute approximate surface area is 207 Å². The van der Waals surface area contributed by atoms with Gasteiger partial charge in [0, 0.05) is 51.6 Å². The van der Waals surface area contributed by atoms with Crippen LogP contribution >= 0.6 is 0 Å². The minimum atomic E-state index is 0.228. The highest BCUT2D eigenvalue weighted by Gasteiger charge is 2.20. The summed E-state index contributed by atoms with van der Waals surface area (Å²) in [5, 5.41) is 0. The molecule has 7 nitrogen and oxygen atoms in total. The number of aromatic nitrogens is 1. The Morgan fingerprint density at radius 2 is 1.66 bits per heavy atom. The summed E-state index contributed by atoms with van der Waals surface area (Å²) < 4.78 is 5.72. The van der Waals surface area contributed by atoms with Crippen LogP contribution in [0.25, 0.3) is 0 Å². The molecule has 0 radical (unpaired) electrons. The van der Waals surface area contributed by atoms with E-state index in [0.717, 1.165) is 51.0 Å². The fraction of sp³-hybridized carbons (Fsp3) is 0.321. The Morgan fingerprint density at radius 3 is 2.26 bits per heavy atom. The lowest BCUT2D eigenvalue weighted by Crippen LogP contribution is -2.48. The number of aldehydes is 1. The van der Waals surface area contributed by atoms with Gasteiger partial charge in [-0.1, -0.05) is 49.4 Å². The molecule has 7 heteroatoms. The molecule has 2 N–H and O–H groups in total. The van der Waals surface area contributed by atoms with E-state index in [1.165, 1.54) is 5.56 Å². The van der Waals surface area contributed by atoms with Gasteiger partial charge in [-0.15, -0.1) is 0 Å². The Hall–Kier alpha value is -3.71. The number of pyridine rings is 1. The van der Waals surface area contributed by atoms with Crippen molar-refractivity contribution in [1.82, 2.24) is 14.8 Å². The summed E-state index contributed by atoms with van der Waals surface area (Å²) in [6, 6.07) is 21.8. The van der Waals surface area contributed by atoms with Crippen molar-refractivity contribution >= 4 is 17.9 Å². The number of nitrogens with zero attached hydrogens (tertiary/aromatic N) is 3. The van der Waals surface area contributed by atoms with Crippen LogP contribution in [0.4, 0.5) is 5.69 Å². The van der Waals surface area contributed by atoms with E-state index in [-0.39, 0.29) is 5.91 Å². The zero-order valence-electron chi connectivity index (χ0n) is 20.3. The van der Waals surface area contributed by atoms with Crippen molar-refractivity contribution in [3.05, 3.63) is 84.1 Å². The smallest absolute Gasteiger partial charge is 0.222 e. The lowest BCUT2D eigenvalue weighted by molar-refractivity contribution is -0.133. The predicted octanol–water partition coefficient (Wildman–Crippen LogP) is 4.33. The molecule has 1 aromatic heterocycles. The van der Waals surface area contributed by atoms with Gasteiger partial charge in [0.25, 0.3) is 0 Å². The maximum atomic E-state index is 12.6. The van der Waals surface area contributed by atoms with Crippen molar-refractivity contribution in [1.29, 1.82) is 0 Å². The van der Waals surface area contributed by atoms with Crippen LogP contribution in [0.3, 0.4) is 0 Å². The number of nitrogen functional groups attached to an aromatic ring is 1. The van der Waals surface area contributed by atoms with Crippen LogP contribution in [0.5, 0.6) is 11.6 Å². The van der Waals surface area contributed by atoms with Crippen molar-refractivity contribution in [2.75, 3.05) is 31.9 Å². The highest BCUT2D eigenvalue weighted by molar-refractivity contribution is 5.76. The van der Waals surface area contributed by atoms with Crippen LogP contribution in [0.2, 0.25) is 0 Å². The average Bonchev–Trinajstić information content (AvgIpc) is 2.90. The molecule has 0 atom stereocenters. The molecule has 1 fully saturated rings. The van der Waals surface area contributed by atoms with E-state index in [0.29, 0.717) is 30.2 Å². The molecule has 1 aliphatic rings. The van der Waals surface area contributed by atoms with Crippen LogP contribution in [-0.4, -0.2) is 53.2 Å². The molecule has 1 amide bonds. The van der Waals surface area contributed by atoms with E-state index in [9.17, 15) is 9.59 Å². The predicted molar refractivity (Wildman–Crippen MR) is 138 cm³/mol. The van der Waals surface area contributed by atoms with Gasteiger partial charge in [-0.25, -0.2) is 4.98 Å². The number of aryl methyl sites for hydroxylation is 1. The molecule has 2 heterocycles. The molecule has 1 aliphatic heterocycles. The van der Waals surface area contributed by atoms with Gasteiger partial charge < -0.3 is 20.2 Å². The van der Waals surface area contributed by atoms with E-state index in [1.54, 1.807) is 18.3 Å². The summed E-state index contributed by atoms with van der Waals surface area (Å²) >= 11 is 0. The van der Waals surface area contributed by atoms with Crippen LogP contribution in [0, 0.1) is 0 Å². The largest absolute Gasteiger partial charge is 0.439 e. The molecule has 4 rings (SSSR count). The van der Waals surface area contributed by atoms with Gasteiger partial charge in [0.2, 0.25) is 11.8 Å². The summed E-state index contributed by atoms with van der Waals surface area (Å²) in [5.74, 6) is 1.44. The summed E-state index contributed by atoms with van der Waals surface area (Å²) in [4.78, 5) is 30.3. The minimum Gasteiger partial charge on any atom is -0.439 e. The Balaban J connectivity index is 0.000000795. The van der Waals surface area contributed by atoms with Crippen LogP contribution in [0.15, 0.2) is 72.9 Å². The molecule has 0 bridgehead atoms. The number of ether oxygens (including phenoxy) is 1. The molecule has 0 unspecified atom stereocenters. The van der Waals surface area contributed by atoms with E-state index >= 15 is 0 Å². The molecule has 0 spiro atoms. The number of nitrogens with two attached hydrogens (primary N) is 1. The van der Waals surface area contributed by atoms with Gasteiger partial charge in [0.05, 0.1) is 11.9 Å². The number of benzene rings is 2. The minimum absolute atomic E-state index is 0.228. The topological polar surface area (TPSA) is 88.8 Å². The summed E-state index contributed by atoms with van der Waals surface area (Å²) in [5.41, 5.74) is 8.68. The second-order valence-corrected chi connectivity index (χ2v) is 8.39. The van der Waals surface area contributed by atoms with Gasteiger partial charge in [0.15, 0.2) is 0 Å². The molecule has 2 aromatic carbocycles. The fourth-order valence-electron chi connectivity index (χ4n) is 3.70. The molecule has 0 saturated carbocycles. The number of piperazine rings is 1. The SMILES string of the molecule is CCC=O.Nc1ccc(Oc2ccc(CCC(=O)N3CCN(Cc4ccccc4)CC3)cc2)nc1. The van der Waals surface area contributed by atoms with Gasteiger partial charge in [-0.05, 0) is 35.7 Å². The van der Waals surface area contributed by atoms with E-state index in [1.807, 2.05) is 42.2 Å². The van der Waals surface area contributed by atoms with E-state index in [2.05, 4.69) is 34.1 Å². The third kappa shape index (κ3) is 8.87. The van der Waals surface area contributed by atoms with Gasteiger partial charge in [0.1, 0.15) is 12.0 Å². The number of carbonyl (C=O) groups is 2. The van der Waals surface area contributed by atoms with Crippen molar-refractivity contribution in [2.24, 2.45) is 0 Å². The van der Waals surface area contributed by atoms with Crippen LogP contribution in [-0.2, 0) is 22.6 Å². The highest BCUT2D eigenvalue weighted by atomic mass is 16.5. The lowest BCUT2D eigenvalue weighted by Gasteiger charge is -2.34. The van der Waals surface area contributed by atoms with Crippen LogP contribution in [0.1, 0.15) is 30.9 Å². The second-order valence-electron chi connectivity index (χ2n) is 8.39. The summed E-state index contributed by atoms with van der Waals surface area (Å²) in [6.45, 7) is 6.20. The molecule has 184 valence electrons. The molecule has 3 aromatic rings. The molecular formula is C28H34N4O3. The molecule has 1 saturated heterocycles. The first-order valence-corrected chi connectivity index (χ1v) is 12.0. The van der Waals surface area contributed by atoms with Crippen LogP contribution < -0.4 is 10.5 Å². The van der Waals surface area contributed by atoms with Gasteiger partial charge in [-0.2, -0.15) is 0 Å². The first kappa shape index (κ1) is 25.9. The first-order valence-electron chi connectivity index (χ1n) is 12.0. The monoisotopic (exact) mass is 474 g/mol. The normalized spacial score (nSPS) is 13.5. The number of carbonyl (C=O) groups excluding carboxylic acids is 2. The Kier molecular flexibility index (Phi) is 10.3. The number of amides is 1. The van der Waals surface area contributed by atoms with Crippen molar-refractivity contribution in [2.45, 2.75) is 32.7 Å². The third-order valence-corrected chi connectivity index (χ3v) is 5.67. The number of hydrogen-bond donors (Lipinski definition) is 1. The average molecular weight is 475 g/mol. The first-order chi connectivity index (χ1) is 17.1. The Bertz CT molecular complexity index is 1030. The quantitative estimate of drug-likeness (QED) is 0.489. The summed E-state index contributed by atoms with van der Waals surface area (Å²) in [6.07, 6.45) is 4.33. The summed E-state index contributed by atoms with van der Waals surface area (Å²) in [7, 11) is 0. The number of rotatable bonds is 8. The Morgan fingerprint density at radius 1 is 0.971 bits per heavy atom. The number of hydrogen-bond acceptors (Lipinski definition) is 6. The van der Waals surface area contributed by atoms with Crippen molar-refractivity contribution in [3.8, 4) is 11.6 Å². The lowest BCUT2D eigenvalue weighted by atomic mass is 10.1. The van der Waals surface area contributed by atoms with E-state index < -0.39 is 0 Å². The highest BCUT2D eigenvalue weighted by Crippen LogP contribution is 2.21. The molecule has 35 heavy (non-hydrogen) atoms. The zero-order valence-corrected chi connectivity index (χ0v) is 20.3. The second kappa shape index (κ2) is 13.9. The molecule has 0 aliphatic carbocycles. The maximum Gasteiger partial charge on any atom is 0.222 e. The molecular weight excluding hydrogens is 440 g/mol. The van der Waals surface area contributed by atoms with E-state index in [4.69, 9.17) is 10.5 Å². The third-order valence-electron chi connectivity index (χ3n) is 5.67. The standard InChI is InChI=1S/C25H28N4O2.C3H6O/c26-22-9-12-24(27-18-22)31-23-10-6-20(7-11-23)8-13-25(30)29-16-14-28(15-17-29)19-21-4-2-1-3-5-21;1-2-3-4/h1-7,9-12,18H,8,13-17,19,26H2;3H,2H2,1H3. The zero-order chi connectivity index (χ0) is 24.9. The van der Waals surface area contributed by atoms with Crippen molar-refractivity contribution in [3.63, 3.8) is 0 Å². The number of anilines is 1. The van der Waals surface area contributed by atoms with Gasteiger partial charge >= 0.3 is 0 Å². The maximum absolute atomic E-state index is 12.6. The van der Waals surface area contributed by atoms with Gasteiger partial charge in [-0.3, -0.25) is 9.69 Å². The van der Waals surface area contributed by atoms with Crippen molar-refractivity contribution < 1.29 is 14.3 Å². The fourth-order valence-corrected chi connectivity index (χ4v) is 3.70.